The summed E-state index contributed by atoms with van der Waals surface area (Å²) in [5.41, 5.74) is 2.17. The Kier molecular flexibility index (Phi) is 5.94. The molecule has 152 valence electrons. The van der Waals surface area contributed by atoms with Crippen LogP contribution >= 0.6 is 0 Å². The predicted octanol–water partition coefficient (Wildman–Crippen LogP) is 3.67. The first-order chi connectivity index (χ1) is 14.7. The quantitative estimate of drug-likeness (QED) is 0.655. The number of amides is 2. The van der Waals surface area contributed by atoms with Gasteiger partial charge in [-0.2, -0.15) is 0 Å². The first-order valence-electron chi connectivity index (χ1n) is 9.78. The van der Waals surface area contributed by atoms with Crippen LogP contribution in [0.4, 0.5) is 11.4 Å². The highest BCUT2D eigenvalue weighted by molar-refractivity contribution is 5.99. The van der Waals surface area contributed by atoms with Crippen LogP contribution in [0.25, 0.3) is 0 Å². The zero-order valence-corrected chi connectivity index (χ0v) is 16.4. The molecular weight excluding hydrogens is 380 g/mol. The van der Waals surface area contributed by atoms with Gasteiger partial charge in [-0.1, -0.05) is 48.5 Å². The number of nitrogens with one attached hydrogen (secondary N) is 1. The molecule has 0 bridgehead atoms. The molecule has 0 saturated carbocycles. The lowest BCUT2D eigenvalue weighted by Crippen LogP contribution is -2.41. The number of carbonyl (C=O) groups excluding carboxylic acids is 2. The second-order valence-electron chi connectivity index (χ2n) is 6.89. The standard InChI is InChI=1S/C24H22N2O4/c27-23(15-18-7-3-1-4-8-18)25-19-11-12-22-21(16-19)26(24(28)17-30-22)13-14-29-20-9-5-2-6-10-20/h1-12,16H,13-15,17H2,(H,25,27). The van der Waals surface area contributed by atoms with Gasteiger partial charge in [-0.25, -0.2) is 0 Å². The second kappa shape index (κ2) is 9.13. The van der Waals surface area contributed by atoms with Crippen LogP contribution in [0.15, 0.2) is 78.9 Å². The van der Waals surface area contributed by atoms with Crippen LogP contribution in [0.5, 0.6) is 11.5 Å². The maximum atomic E-state index is 12.4. The van der Waals surface area contributed by atoms with Gasteiger partial charge in [0.25, 0.3) is 5.91 Å². The predicted molar refractivity (Wildman–Crippen MR) is 115 cm³/mol. The molecule has 6 heteroatoms. The van der Waals surface area contributed by atoms with Gasteiger partial charge in [0.1, 0.15) is 18.1 Å². The van der Waals surface area contributed by atoms with Crippen LogP contribution in [-0.2, 0) is 16.0 Å². The zero-order chi connectivity index (χ0) is 20.8. The van der Waals surface area contributed by atoms with Gasteiger partial charge in [0.2, 0.25) is 5.91 Å². The Balaban J connectivity index is 1.43. The summed E-state index contributed by atoms with van der Waals surface area (Å²) in [6.45, 7) is 0.712. The molecule has 3 aromatic rings. The van der Waals surface area contributed by atoms with Gasteiger partial charge in [-0.15, -0.1) is 0 Å². The van der Waals surface area contributed by atoms with Crippen LogP contribution in [0.1, 0.15) is 5.56 Å². The number of carbonyl (C=O) groups is 2. The van der Waals surface area contributed by atoms with Gasteiger partial charge in [-0.3, -0.25) is 9.59 Å². The van der Waals surface area contributed by atoms with E-state index in [9.17, 15) is 9.59 Å². The fourth-order valence-electron chi connectivity index (χ4n) is 3.28. The summed E-state index contributed by atoms with van der Waals surface area (Å²) in [4.78, 5) is 26.4. The molecule has 0 unspecified atom stereocenters. The van der Waals surface area contributed by atoms with E-state index in [1.165, 1.54) is 0 Å². The van der Waals surface area contributed by atoms with Crippen molar-refractivity contribution in [3.05, 3.63) is 84.4 Å². The summed E-state index contributed by atoms with van der Waals surface area (Å²) in [6, 6.07) is 24.3. The topological polar surface area (TPSA) is 67.9 Å². The average Bonchev–Trinajstić information content (AvgIpc) is 2.77. The van der Waals surface area contributed by atoms with E-state index in [1.54, 1.807) is 23.1 Å². The fraction of sp³-hybridized carbons (Fsp3) is 0.167. The largest absolute Gasteiger partial charge is 0.492 e. The first-order valence-corrected chi connectivity index (χ1v) is 9.78. The van der Waals surface area contributed by atoms with E-state index in [1.807, 2.05) is 60.7 Å². The Morgan fingerprint density at radius 3 is 2.50 bits per heavy atom. The minimum atomic E-state index is -0.146. The van der Waals surface area contributed by atoms with Crippen LogP contribution in [0.2, 0.25) is 0 Å². The number of hydrogen-bond donors (Lipinski definition) is 1. The number of nitrogens with zero attached hydrogens (tertiary/aromatic N) is 1. The molecule has 1 N–H and O–H groups in total. The van der Waals surface area contributed by atoms with Crippen LogP contribution in [-0.4, -0.2) is 31.6 Å². The Morgan fingerprint density at radius 1 is 1.00 bits per heavy atom. The van der Waals surface area contributed by atoms with Crippen molar-refractivity contribution in [3.63, 3.8) is 0 Å². The van der Waals surface area contributed by atoms with Gasteiger partial charge in [0.15, 0.2) is 6.61 Å². The van der Waals surface area contributed by atoms with E-state index in [0.29, 0.717) is 30.3 Å². The molecule has 1 heterocycles. The minimum Gasteiger partial charge on any atom is -0.492 e. The molecule has 30 heavy (non-hydrogen) atoms. The van der Waals surface area contributed by atoms with Crippen molar-refractivity contribution in [2.24, 2.45) is 0 Å². The van der Waals surface area contributed by atoms with Gasteiger partial charge in [0, 0.05) is 5.69 Å². The molecule has 0 atom stereocenters. The van der Waals surface area contributed by atoms with Crippen molar-refractivity contribution in [3.8, 4) is 11.5 Å². The molecular formula is C24H22N2O4. The Morgan fingerprint density at radius 2 is 1.73 bits per heavy atom. The SMILES string of the molecule is O=C(Cc1ccccc1)Nc1ccc2c(c1)N(CCOc1ccccc1)C(=O)CO2. The summed E-state index contributed by atoms with van der Waals surface area (Å²) in [6.07, 6.45) is 0.280. The van der Waals surface area contributed by atoms with E-state index in [-0.39, 0.29) is 24.8 Å². The van der Waals surface area contributed by atoms with Crippen molar-refractivity contribution in [2.75, 3.05) is 30.0 Å². The van der Waals surface area contributed by atoms with E-state index < -0.39 is 0 Å². The number of anilines is 2. The molecule has 0 fully saturated rings. The highest BCUT2D eigenvalue weighted by atomic mass is 16.5. The Labute approximate surface area is 175 Å². The number of benzene rings is 3. The fourth-order valence-corrected chi connectivity index (χ4v) is 3.28. The zero-order valence-electron chi connectivity index (χ0n) is 16.4. The maximum Gasteiger partial charge on any atom is 0.265 e. The molecule has 1 aliphatic rings. The highest BCUT2D eigenvalue weighted by Crippen LogP contribution is 2.34. The van der Waals surface area contributed by atoms with Gasteiger partial charge >= 0.3 is 0 Å². The number of rotatable bonds is 7. The number of hydrogen-bond acceptors (Lipinski definition) is 4. The van der Waals surface area contributed by atoms with Crippen molar-refractivity contribution >= 4 is 23.2 Å². The Hall–Kier alpha value is -3.80. The lowest BCUT2D eigenvalue weighted by atomic mass is 10.1. The normalized spacial score (nSPS) is 12.7. The summed E-state index contributed by atoms with van der Waals surface area (Å²) in [5.74, 6) is 1.09. The third kappa shape index (κ3) is 4.78. The monoisotopic (exact) mass is 402 g/mol. The molecule has 3 aromatic carbocycles. The van der Waals surface area contributed by atoms with Gasteiger partial charge in [-0.05, 0) is 35.9 Å². The molecule has 0 aliphatic carbocycles. The third-order valence-corrected chi connectivity index (χ3v) is 4.72. The van der Waals surface area contributed by atoms with Gasteiger partial charge in [0.05, 0.1) is 18.7 Å². The lowest BCUT2D eigenvalue weighted by Gasteiger charge is -2.29. The Bertz CT molecular complexity index is 1020. The summed E-state index contributed by atoms with van der Waals surface area (Å²) in [7, 11) is 0. The third-order valence-electron chi connectivity index (χ3n) is 4.72. The molecule has 2 amide bonds. The van der Waals surface area contributed by atoms with Crippen LogP contribution < -0.4 is 19.7 Å². The summed E-state index contributed by atoms with van der Waals surface area (Å²) in [5, 5.41) is 2.89. The smallest absolute Gasteiger partial charge is 0.265 e. The number of ether oxygens (including phenoxy) is 2. The van der Waals surface area contributed by atoms with Crippen LogP contribution in [0, 0.1) is 0 Å². The molecule has 0 radical (unpaired) electrons. The van der Waals surface area contributed by atoms with E-state index >= 15 is 0 Å². The molecule has 1 aliphatic heterocycles. The first kappa shape index (κ1) is 19.5. The van der Waals surface area contributed by atoms with Crippen molar-refractivity contribution < 1.29 is 19.1 Å². The number of fused-ring (bicyclic) bond motifs is 1. The molecule has 0 spiro atoms. The lowest BCUT2D eigenvalue weighted by molar-refractivity contribution is -0.121. The summed E-state index contributed by atoms with van der Waals surface area (Å²) < 4.78 is 11.3. The second-order valence-corrected chi connectivity index (χ2v) is 6.89. The van der Waals surface area contributed by atoms with E-state index in [0.717, 1.165) is 11.3 Å². The minimum absolute atomic E-state index is 0.0158. The van der Waals surface area contributed by atoms with Crippen molar-refractivity contribution in [1.29, 1.82) is 0 Å². The van der Waals surface area contributed by atoms with E-state index in [4.69, 9.17) is 9.47 Å². The molecule has 4 rings (SSSR count). The van der Waals surface area contributed by atoms with Crippen LogP contribution in [0.3, 0.4) is 0 Å². The molecule has 0 saturated heterocycles. The average molecular weight is 402 g/mol. The van der Waals surface area contributed by atoms with Gasteiger partial charge < -0.3 is 19.7 Å². The molecule has 0 aromatic heterocycles. The maximum absolute atomic E-state index is 12.4. The number of para-hydroxylation sites is 1. The molecule has 6 nitrogen and oxygen atoms in total. The summed E-state index contributed by atoms with van der Waals surface area (Å²) >= 11 is 0. The van der Waals surface area contributed by atoms with Crippen molar-refractivity contribution in [1.82, 2.24) is 0 Å². The highest BCUT2D eigenvalue weighted by Gasteiger charge is 2.26. The van der Waals surface area contributed by atoms with Crippen molar-refractivity contribution in [2.45, 2.75) is 6.42 Å². The van der Waals surface area contributed by atoms with E-state index in [2.05, 4.69) is 5.32 Å².